The first-order chi connectivity index (χ1) is 15.3. The SMILES string of the molecule is O=C(c1nnc(CCNC2CC2)o1)N1CCc2[nH]cnc2[C@H]1c1cc2ccccc2o1. The molecule has 1 aromatic carbocycles. The lowest BCUT2D eigenvalue weighted by Crippen LogP contribution is -2.40. The van der Waals surface area contributed by atoms with Gasteiger partial charge in [-0.05, 0) is 25.0 Å². The van der Waals surface area contributed by atoms with Crippen molar-refractivity contribution in [2.24, 2.45) is 0 Å². The number of benzene rings is 1. The molecule has 3 aromatic heterocycles. The molecule has 2 N–H and O–H groups in total. The summed E-state index contributed by atoms with van der Waals surface area (Å²) >= 11 is 0. The number of hydrogen-bond acceptors (Lipinski definition) is 7. The number of nitrogens with one attached hydrogen (secondary N) is 2. The molecule has 0 spiro atoms. The van der Waals surface area contributed by atoms with Crippen LogP contribution < -0.4 is 5.32 Å². The number of rotatable bonds is 6. The molecule has 1 amide bonds. The van der Waals surface area contributed by atoms with E-state index >= 15 is 0 Å². The summed E-state index contributed by atoms with van der Waals surface area (Å²) in [6.45, 7) is 1.26. The predicted molar refractivity (Wildman–Crippen MR) is 110 cm³/mol. The van der Waals surface area contributed by atoms with Gasteiger partial charge in [-0.2, -0.15) is 0 Å². The van der Waals surface area contributed by atoms with Crippen molar-refractivity contribution < 1.29 is 13.6 Å². The molecule has 31 heavy (non-hydrogen) atoms. The lowest BCUT2D eigenvalue weighted by atomic mass is 10.00. The molecule has 158 valence electrons. The highest BCUT2D eigenvalue weighted by molar-refractivity contribution is 5.90. The lowest BCUT2D eigenvalue weighted by molar-refractivity contribution is 0.0630. The van der Waals surface area contributed by atoms with Crippen LogP contribution in [-0.2, 0) is 12.8 Å². The maximum atomic E-state index is 13.4. The smallest absolute Gasteiger partial charge is 0.312 e. The summed E-state index contributed by atoms with van der Waals surface area (Å²) in [6, 6.07) is 9.92. The molecule has 0 unspecified atom stereocenters. The largest absolute Gasteiger partial charge is 0.458 e. The Morgan fingerprint density at radius 1 is 1.23 bits per heavy atom. The van der Waals surface area contributed by atoms with Gasteiger partial charge >= 0.3 is 11.8 Å². The minimum atomic E-state index is -0.457. The first kappa shape index (κ1) is 18.3. The second kappa shape index (κ2) is 7.35. The van der Waals surface area contributed by atoms with Gasteiger partial charge in [-0.1, -0.05) is 18.2 Å². The molecule has 1 fully saturated rings. The van der Waals surface area contributed by atoms with Crippen LogP contribution in [0.25, 0.3) is 11.0 Å². The number of imidazole rings is 1. The van der Waals surface area contributed by atoms with Crippen molar-refractivity contribution in [3.63, 3.8) is 0 Å². The van der Waals surface area contributed by atoms with Crippen LogP contribution >= 0.6 is 0 Å². The summed E-state index contributed by atoms with van der Waals surface area (Å²) in [5.41, 5.74) is 2.56. The molecule has 6 rings (SSSR count). The van der Waals surface area contributed by atoms with E-state index in [-0.39, 0.29) is 11.8 Å². The van der Waals surface area contributed by atoms with Gasteiger partial charge in [-0.15, -0.1) is 10.2 Å². The fourth-order valence-corrected chi connectivity index (χ4v) is 4.16. The van der Waals surface area contributed by atoms with Gasteiger partial charge in [-0.3, -0.25) is 4.79 Å². The van der Waals surface area contributed by atoms with Gasteiger partial charge in [0.2, 0.25) is 5.89 Å². The molecule has 9 nitrogen and oxygen atoms in total. The van der Waals surface area contributed by atoms with Crippen molar-refractivity contribution in [3.8, 4) is 0 Å². The van der Waals surface area contributed by atoms with E-state index in [2.05, 4.69) is 25.5 Å². The summed E-state index contributed by atoms with van der Waals surface area (Å²) in [6.07, 6.45) is 5.38. The number of H-pyrrole nitrogens is 1. The number of aromatic amines is 1. The molecule has 4 aromatic rings. The molecule has 1 saturated carbocycles. The van der Waals surface area contributed by atoms with Gasteiger partial charge in [0, 0.05) is 43.1 Å². The van der Waals surface area contributed by atoms with Gasteiger partial charge < -0.3 is 24.0 Å². The van der Waals surface area contributed by atoms with Gasteiger partial charge in [0.05, 0.1) is 12.0 Å². The molecule has 0 radical (unpaired) electrons. The number of amides is 1. The van der Waals surface area contributed by atoms with E-state index in [1.807, 2.05) is 30.3 Å². The van der Waals surface area contributed by atoms with Crippen LogP contribution in [0.1, 0.15) is 52.6 Å². The van der Waals surface area contributed by atoms with E-state index in [4.69, 9.17) is 8.83 Å². The van der Waals surface area contributed by atoms with Crippen LogP contribution in [0.4, 0.5) is 0 Å². The van der Waals surface area contributed by atoms with Crippen molar-refractivity contribution in [3.05, 3.63) is 65.6 Å². The van der Waals surface area contributed by atoms with Crippen molar-refractivity contribution in [1.82, 2.24) is 30.4 Å². The number of aromatic nitrogens is 4. The Kier molecular flexibility index (Phi) is 4.34. The third-order valence-corrected chi connectivity index (χ3v) is 5.90. The quantitative estimate of drug-likeness (QED) is 0.495. The van der Waals surface area contributed by atoms with E-state index in [0.29, 0.717) is 37.1 Å². The summed E-state index contributed by atoms with van der Waals surface area (Å²) in [5, 5.41) is 12.5. The monoisotopic (exact) mass is 418 g/mol. The van der Waals surface area contributed by atoms with Crippen LogP contribution in [0.2, 0.25) is 0 Å². The molecular weight excluding hydrogens is 396 g/mol. The zero-order valence-corrected chi connectivity index (χ0v) is 16.9. The Morgan fingerprint density at radius 3 is 3.00 bits per heavy atom. The predicted octanol–water partition coefficient (Wildman–Crippen LogP) is 2.62. The number of fused-ring (bicyclic) bond motifs is 2. The molecule has 0 bridgehead atoms. The number of carbonyl (C=O) groups is 1. The summed E-state index contributed by atoms with van der Waals surface area (Å²) < 4.78 is 11.8. The highest BCUT2D eigenvalue weighted by Crippen LogP contribution is 2.36. The molecule has 4 heterocycles. The Hall–Kier alpha value is -3.46. The fraction of sp³-hybridized carbons (Fsp3) is 0.364. The topological polar surface area (TPSA) is 113 Å². The van der Waals surface area contributed by atoms with Gasteiger partial charge in [-0.25, -0.2) is 4.98 Å². The Labute approximate surface area is 177 Å². The van der Waals surface area contributed by atoms with Crippen molar-refractivity contribution in [1.29, 1.82) is 0 Å². The first-order valence-electron chi connectivity index (χ1n) is 10.6. The average molecular weight is 418 g/mol. The average Bonchev–Trinajstić information content (AvgIpc) is 3.19. The minimum absolute atomic E-state index is 0.00141. The maximum absolute atomic E-state index is 13.4. The van der Waals surface area contributed by atoms with Crippen LogP contribution in [0.5, 0.6) is 0 Å². The van der Waals surface area contributed by atoms with Crippen LogP contribution in [0, 0.1) is 0 Å². The van der Waals surface area contributed by atoms with Crippen molar-refractivity contribution in [2.45, 2.75) is 37.8 Å². The number of furan rings is 1. The lowest BCUT2D eigenvalue weighted by Gasteiger charge is -2.32. The number of carbonyl (C=O) groups excluding carboxylic acids is 1. The van der Waals surface area contributed by atoms with Gasteiger partial charge in [0.1, 0.15) is 17.4 Å². The molecule has 2 aliphatic rings. The maximum Gasteiger partial charge on any atom is 0.312 e. The van der Waals surface area contributed by atoms with Crippen LogP contribution in [-0.4, -0.2) is 50.1 Å². The number of nitrogens with zero attached hydrogens (tertiary/aromatic N) is 4. The van der Waals surface area contributed by atoms with Crippen molar-refractivity contribution in [2.75, 3.05) is 13.1 Å². The standard InChI is InChI=1S/C22H22N6O3/c29-22(21-27-26-18(31-21)7-9-23-14-5-6-14)28-10-8-15-19(25-12-24-15)20(28)17-11-13-3-1-2-4-16(13)30-17/h1-4,11-12,14,20,23H,5-10H2,(H,24,25)/t20-/m1/s1. The Balaban J connectivity index is 1.29. The van der Waals surface area contributed by atoms with Crippen LogP contribution in [0.3, 0.4) is 0 Å². The van der Waals surface area contributed by atoms with E-state index in [1.165, 1.54) is 12.8 Å². The van der Waals surface area contributed by atoms with E-state index < -0.39 is 6.04 Å². The zero-order valence-electron chi connectivity index (χ0n) is 16.9. The second-order valence-electron chi connectivity index (χ2n) is 8.08. The summed E-state index contributed by atoms with van der Waals surface area (Å²) in [5.74, 6) is 0.819. The van der Waals surface area contributed by atoms with Gasteiger partial charge in [0.15, 0.2) is 0 Å². The molecule has 0 saturated heterocycles. The second-order valence-corrected chi connectivity index (χ2v) is 8.08. The number of hydrogen-bond donors (Lipinski definition) is 2. The number of para-hydroxylation sites is 1. The Bertz CT molecular complexity index is 1200. The molecule has 1 aliphatic carbocycles. The third kappa shape index (κ3) is 3.40. The summed E-state index contributed by atoms with van der Waals surface area (Å²) in [7, 11) is 0. The van der Waals surface area contributed by atoms with Gasteiger partial charge in [0.25, 0.3) is 0 Å². The van der Waals surface area contributed by atoms with E-state index in [1.54, 1.807) is 11.2 Å². The highest BCUT2D eigenvalue weighted by atomic mass is 16.4. The van der Waals surface area contributed by atoms with E-state index in [9.17, 15) is 4.79 Å². The molecule has 9 heteroatoms. The minimum Gasteiger partial charge on any atom is -0.458 e. The highest BCUT2D eigenvalue weighted by Gasteiger charge is 2.38. The molecule has 1 atom stereocenters. The van der Waals surface area contributed by atoms with Crippen LogP contribution in [0.15, 0.2) is 45.5 Å². The molecular formula is C22H22N6O3. The third-order valence-electron chi connectivity index (χ3n) is 5.90. The first-order valence-corrected chi connectivity index (χ1v) is 10.6. The van der Waals surface area contributed by atoms with Crippen molar-refractivity contribution >= 4 is 16.9 Å². The van der Waals surface area contributed by atoms with E-state index in [0.717, 1.165) is 28.9 Å². The molecule has 1 aliphatic heterocycles. The fourth-order valence-electron chi connectivity index (χ4n) is 4.16. The normalized spacial score (nSPS) is 18.5. The zero-order chi connectivity index (χ0) is 20.8. The Morgan fingerprint density at radius 2 is 2.13 bits per heavy atom. The summed E-state index contributed by atoms with van der Waals surface area (Å²) in [4.78, 5) is 22.8.